The van der Waals surface area contributed by atoms with Crippen molar-refractivity contribution in [3.05, 3.63) is 88.5 Å². The summed E-state index contributed by atoms with van der Waals surface area (Å²) < 4.78 is 0. The molecular formula is C26H36. The van der Waals surface area contributed by atoms with E-state index >= 15 is 0 Å². The molecule has 0 spiro atoms. The van der Waals surface area contributed by atoms with Crippen LogP contribution in [-0.4, -0.2) is 0 Å². The monoisotopic (exact) mass is 348 g/mol. The van der Waals surface area contributed by atoms with Crippen LogP contribution in [0, 0.1) is 6.92 Å². The van der Waals surface area contributed by atoms with E-state index in [9.17, 15) is 0 Å². The SMILES string of the molecule is C=C/C(C)=C/c1ccc(CCc2cccc(C(C)(C)C)c2)cc1C.CC. The molecule has 0 heterocycles. The minimum Gasteiger partial charge on any atom is -0.0988 e. The van der Waals surface area contributed by atoms with Gasteiger partial charge in [0.15, 0.2) is 0 Å². The third-order valence-electron chi connectivity index (χ3n) is 4.53. The fraction of sp³-hybridized carbons (Fsp3) is 0.385. The van der Waals surface area contributed by atoms with E-state index in [4.69, 9.17) is 0 Å². The fourth-order valence-electron chi connectivity index (χ4n) is 2.84. The van der Waals surface area contributed by atoms with Crippen molar-refractivity contribution in [2.75, 3.05) is 0 Å². The summed E-state index contributed by atoms with van der Waals surface area (Å²) in [7, 11) is 0. The number of hydrogen-bond donors (Lipinski definition) is 0. The lowest BCUT2D eigenvalue weighted by molar-refractivity contribution is 0.589. The second-order valence-electron chi connectivity index (χ2n) is 7.73. The maximum Gasteiger partial charge on any atom is -0.0132 e. The largest absolute Gasteiger partial charge is 0.0988 e. The summed E-state index contributed by atoms with van der Waals surface area (Å²) in [5.41, 5.74) is 8.27. The number of rotatable bonds is 5. The zero-order valence-electron chi connectivity index (χ0n) is 17.8. The van der Waals surface area contributed by atoms with Gasteiger partial charge in [-0.15, -0.1) is 0 Å². The molecule has 0 amide bonds. The summed E-state index contributed by atoms with van der Waals surface area (Å²) in [6.45, 7) is 18.9. The standard InChI is InChI=1S/C24H30.C2H6/c1-7-18(2)15-22-14-13-21(16-19(22)3)12-11-20-9-8-10-23(17-20)24(4,5)6;1-2/h7-10,13-17H,1,11-12H2,2-6H3;1-2H3/b18-15+;. The smallest absolute Gasteiger partial charge is 0.0132 e. The number of hydrogen-bond acceptors (Lipinski definition) is 0. The number of benzene rings is 2. The van der Waals surface area contributed by atoms with Crippen molar-refractivity contribution in [3.63, 3.8) is 0 Å². The summed E-state index contributed by atoms with van der Waals surface area (Å²) in [5, 5.41) is 0. The van der Waals surface area contributed by atoms with Gasteiger partial charge in [-0.1, -0.05) is 101 Å². The molecule has 0 atom stereocenters. The molecule has 0 nitrogen and oxygen atoms in total. The first-order chi connectivity index (χ1) is 12.3. The maximum atomic E-state index is 3.82. The Labute approximate surface area is 161 Å². The highest BCUT2D eigenvalue weighted by Gasteiger charge is 2.13. The Bertz CT molecular complexity index is 739. The highest BCUT2D eigenvalue weighted by molar-refractivity contribution is 5.58. The second-order valence-corrected chi connectivity index (χ2v) is 7.73. The average molecular weight is 349 g/mol. The lowest BCUT2D eigenvalue weighted by Crippen LogP contribution is -2.11. The van der Waals surface area contributed by atoms with Crippen LogP contribution in [0.5, 0.6) is 0 Å². The third-order valence-corrected chi connectivity index (χ3v) is 4.53. The predicted molar refractivity (Wildman–Crippen MR) is 119 cm³/mol. The average Bonchev–Trinajstić information content (AvgIpc) is 2.63. The minimum atomic E-state index is 0.212. The van der Waals surface area contributed by atoms with Gasteiger partial charge in [0, 0.05) is 0 Å². The van der Waals surface area contributed by atoms with Crippen LogP contribution in [0.15, 0.2) is 60.7 Å². The van der Waals surface area contributed by atoms with Crippen molar-refractivity contribution in [1.29, 1.82) is 0 Å². The van der Waals surface area contributed by atoms with Gasteiger partial charge in [-0.05, 0) is 59.9 Å². The zero-order valence-corrected chi connectivity index (χ0v) is 17.8. The van der Waals surface area contributed by atoms with Crippen molar-refractivity contribution >= 4 is 6.08 Å². The molecule has 0 aliphatic carbocycles. The van der Waals surface area contributed by atoms with Gasteiger partial charge in [0.25, 0.3) is 0 Å². The van der Waals surface area contributed by atoms with E-state index in [0.717, 1.165) is 12.8 Å². The maximum absolute atomic E-state index is 3.82. The molecule has 2 rings (SSSR count). The van der Waals surface area contributed by atoms with Crippen LogP contribution in [0.4, 0.5) is 0 Å². The van der Waals surface area contributed by atoms with Crippen LogP contribution in [-0.2, 0) is 18.3 Å². The molecule has 0 aliphatic rings. The van der Waals surface area contributed by atoms with Gasteiger partial charge in [-0.3, -0.25) is 0 Å². The molecule has 2 aromatic carbocycles. The first-order valence-electron chi connectivity index (χ1n) is 9.79. The molecule has 0 aliphatic heterocycles. The molecule has 0 N–H and O–H groups in total. The summed E-state index contributed by atoms with van der Waals surface area (Å²) >= 11 is 0. The highest BCUT2D eigenvalue weighted by atomic mass is 14.2. The van der Waals surface area contributed by atoms with Crippen LogP contribution >= 0.6 is 0 Å². The molecule has 0 fully saturated rings. The van der Waals surface area contributed by atoms with Crippen LogP contribution < -0.4 is 0 Å². The quantitative estimate of drug-likeness (QED) is 0.486. The minimum absolute atomic E-state index is 0.212. The molecule has 0 aromatic heterocycles. The molecule has 140 valence electrons. The van der Waals surface area contributed by atoms with Gasteiger partial charge < -0.3 is 0 Å². The second kappa shape index (κ2) is 10.2. The summed E-state index contributed by atoms with van der Waals surface area (Å²) in [4.78, 5) is 0. The van der Waals surface area contributed by atoms with Crippen LogP contribution in [0.1, 0.15) is 69.4 Å². The lowest BCUT2D eigenvalue weighted by atomic mass is 9.85. The van der Waals surface area contributed by atoms with Gasteiger partial charge >= 0.3 is 0 Å². The molecule has 0 unspecified atom stereocenters. The van der Waals surface area contributed by atoms with E-state index < -0.39 is 0 Å². The van der Waals surface area contributed by atoms with Gasteiger partial charge in [0.2, 0.25) is 0 Å². The molecule has 0 saturated heterocycles. The molecular weight excluding hydrogens is 312 g/mol. The molecule has 0 saturated carbocycles. The van der Waals surface area contributed by atoms with Crippen molar-refractivity contribution < 1.29 is 0 Å². The molecule has 0 radical (unpaired) electrons. The third kappa shape index (κ3) is 6.67. The summed E-state index contributed by atoms with van der Waals surface area (Å²) in [6.07, 6.45) is 6.26. The van der Waals surface area contributed by atoms with E-state index in [1.54, 1.807) is 0 Å². The van der Waals surface area contributed by atoms with Crippen LogP contribution in [0.25, 0.3) is 6.08 Å². The van der Waals surface area contributed by atoms with Gasteiger partial charge in [0.1, 0.15) is 0 Å². The number of allylic oxidation sites excluding steroid dienone is 2. The van der Waals surface area contributed by atoms with Gasteiger partial charge in [0.05, 0.1) is 0 Å². The first kappa shape index (κ1) is 22.0. The van der Waals surface area contributed by atoms with E-state index in [-0.39, 0.29) is 5.41 Å². The topological polar surface area (TPSA) is 0 Å². The van der Waals surface area contributed by atoms with Crippen molar-refractivity contribution in [1.82, 2.24) is 0 Å². The van der Waals surface area contributed by atoms with E-state index in [1.807, 2.05) is 19.9 Å². The normalized spacial score (nSPS) is 11.6. The molecule has 0 bridgehead atoms. The van der Waals surface area contributed by atoms with Crippen LogP contribution in [0.2, 0.25) is 0 Å². The van der Waals surface area contributed by atoms with Crippen molar-refractivity contribution in [2.24, 2.45) is 0 Å². The molecule has 2 aromatic rings. The zero-order chi connectivity index (χ0) is 19.7. The van der Waals surface area contributed by atoms with Crippen LogP contribution in [0.3, 0.4) is 0 Å². The highest BCUT2D eigenvalue weighted by Crippen LogP contribution is 2.23. The Hall–Kier alpha value is -2.08. The Morgan fingerprint density at radius 3 is 2.12 bits per heavy atom. The van der Waals surface area contributed by atoms with Crippen molar-refractivity contribution in [3.8, 4) is 0 Å². The Morgan fingerprint density at radius 1 is 0.962 bits per heavy atom. The van der Waals surface area contributed by atoms with E-state index in [2.05, 4.69) is 89.7 Å². The molecule has 26 heavy (non-hydrogen) atoms. The molecule has 0 heteroatoms. The Morgan fingerprint density at radius 2 is 1.58 bits per heavy atom. The summed E-state index contributed by atoms with van der Waals surface area (Å²) in [6, 6.07) is 15.8. The fourth-order valence-corrected chi connectivity index (χ4v) is 2.84. The summed E-state index contributed by atoms with van der Waals surface area (Å²) in [5.74, 6) is 0. The lowest BCUT2D eigenvalue weighted by Gasteiger charge is -2.19. The Kier molecular flexibility index (Phi) is 8.58. The Balaban J connectivity index is 0.00000163. The van der Waals surface area contributed by atoms with E-state index in [1.165, 1.54) is 33.4 Å². The van der Waals surface area contributed by atoms with Gasteiger partial charge in [-0.25, -0.2) is 0 Å². The van der Waals surface area contributed by atoms with Crippen molar-refractivity contribution in [2.45, 2.75) is 66.7 Å². The first-order valence-corrected chi connectivity index (χ1v) is 9.79. The van der Waals surface area contributed by atoms with Gasteiger partial charge in [-0.2, -0.15) is 0 Å². The number of aryl methyl sites for hydroxylation is 3. The van der Waals surface area contributed by atoms with E-state index in [0.29, 0.717) is 0 Å². The predicted octanol–water partition coefficient (Wildman–Crippen LogP) is 7.69.